The van der Waals surface area contributed by atoms with Crippen LogP contribution >= 0.6 is 0 Å². The fourth-order valence-corrected chi connectivity index (χ4v) is 3.71. The summed E-state index contributed by atoms with van der Waals surface area (Å²) in [6, 6.07) is 17.5. The third-order valence-electron chi connectivity index (χ3n) is 4.74. The SMILES string of the molecule is CCN(c1cccc(C)c1)C1(CN)Cc2ccccc2C1. The lowest BCUT2D eigenvalue weighted by molar-refractivity contribution is 0.417. The number of aryl methyl sites for hydroxylation is 1. The van der Waals surface area contributed by atoms with E-state index < -0.39 is 0 Å². The summed E-state index contributed by atoms with van der Waals surface area (Å²) in [5, 5.41) is 0. The molecular weight excluding hydrogens is 256 g/mol. The van der Waals surface area contributed by atoms with E-state index in [1.165, 1.54) is 22.4 Å². The topological polar surface area (TPSA) is 29.3 Å². The fraction of sp³-hybridized carbons (Fsp3) is 0.368. The summed E-state index contributed by atoms with van der Waals surface area (Å²) in [4.78, 5) is 2.50. The summed E-state index contributed by atoms with van der Waals surface area (Å²) in [5.41, 5.74) is 11.8. The monoisotopic (exact) mass is 280 g/mol. The zero-order chi connectivity index (χ0) is 14.9. The molecule has 21 heavy (non-hydrogen) atoms. The van der Waals surface area contributed by atoms with Crippen LogP contribution in [0.4, 0.5) is 5.69 Å². The van der Waals surface area contributed by atoms with Gasteiger partial charge >= 0.3 is 0 Å². The van der Waals surface area contributed by atoms with Crippen LogP contribution in [0.5, 0.6) is 0 Å². The molecule has 0 fully saturated rings. The number of hydrogen-bond acceptors (Lipinski definition) is 2. The van der Waals surface area contributed by atoms with Gasteiger partial charge in [-0.25, -0.2) is 0 Å². The van der Waals surface area contributed by atoms with Crippen molar-refractivity contribution in [1.82, 2.24) is 0 Å². The predicted octanol–water partition coefficient (Wildman–Crippen LogP) is 3.32. The Morgan fingerprint density at radius 2 is 1.71 bits per heavy atom. The van der Waals surface area contributed by atoms with Gasteiger partial charge in [0.25, 0.3) is 0 Å². The van der Waals surface area contributed by atoms with Crippen LogP contribution in [0.3, 0.4) is 0 Å². The second-order valence-electron chi connectivity index (χ2n) is 6.13. The van der Waals surface area contributed by atoms with Crippen molar-refractivity contribution in [3.05, 3.63) is 65.2 Å². The largest absolute Gasteiger partial charge is 0.364 e. The molecule has 0 bridgehead atoms. The molecule has 0 spiro atoms. The maximum Gasteiger partial charge on any atom is 0.0604 e. The second kappa shape index (κ2) is 5.53. The minimum Gasteiger partial charge on any atom is -0.364 e. The van der Waals surface area contributed by atoms with Gasteiger partial charge in [0.15, 0.2) is 0 Å². The molecule has 0 heterocycles. The minimum atomic E-state index is 0.0201. The number of likely N-dealkylation sites (N-methyl/N-ethyl adjacent to an activating group) is 1. The highest BCUT2D eigenvalue weighted by Gasteiger charge is 2.40. The van der Waals surface area contributed by atoms with E-state index in [-0.39, 0.29) is 5.54 Å². The molecule has 0 saturated carbocycles. The Hall–Kier alpha value is -1.80. The number of fused-ring (bicyclic) bond motifs is 1. The zero-order valence-corrected chi connectivity index (χ0v) is 13.0. The average molecular weight is 280 g/mol. The molecule has 0 amide bonds. The maximum absolute atomic E-state index is 6.26. The molecule has 2 aromatic carbocycles. The van der Waals surface area contributed by atoms with E-state index >= 15 is 0 Å². The van der Waals surface area contributed by atoms with E-state index in [1.54, 1.807) is 0 Å². The van der Waals surface area contributed by atoms with Gasteiger partial charge in [0.05, 0.1) is 5.54 Å². The van der Waals surface area contributed by atoms with Crippen molar-refractivity contribution in [2.24, 2.45) is 5.73 Å². The molecule has 0 aliphatic heterocycles. The maximum atomic E-state index is 6.26. The van der Waals surface area contributed by atoms with Gasteiger partial charge in [0, 0.05) is 18.8 Å². The lowest BCUT2D eigenvalue weighted by Crippen LogP contribution is -2.55. The summed E-state index contributed by atoms with van der Waals surface area (Å²) in [7, 11) is 0. The van der Waals surface area contributed by atoms with Gasteiger partial charge in [-0.1, -0.05) is 36.4 Å². The third kappa shape index (κ3) is 2.44. The number of benzene rings is 2. The van der Waals surface area contributed by atoms with Gasteiger partial charge in [0.2, 0.25) is 0 Å². The first-order valence-electron chi connectivity index (χ1n) is 7.80. The summed E-state index contributed by atoms with van der Waals surface area (Å²) < 4.78 is 0. The first-order valence-corrected chi connectivity index (χ1v) is 7.80. The first kappa shape index (κ1) is 14.2. The molecule has 0 radical (unpaired) electrons. The van der Waals surface area contributed by atoms with Crippen LogP contribution in [0.2, 0.25) is 0 Å². The van der Waals surface area contributed by atoms with Crippen LogP contribution in [0, 0.1) is 6.92 Å². The Labute approximate surface area is 127 Å². The Morgan fingerprint density at radius 1 is 1.05 bits per heavy atom. The van der Waals surface area contributed by atoms with Crippen molar-refractivity contribution in [3.8, 4) is 0 Å². The highest BCUT2D eigenvalue weighted by molar-refractivity contribution is 5.54. The molecule has 0 saturated heterocycles. The predicted molar refractivity (Wildman–Crippen MR) is 89.8 cm³/mol. The standard InChI is InChI=1S/C19H24N2/c1-3-21(18-10-6-7-15(2)11-18)19(14-20)12-16-8-4-5-9-17(16)13-19/h4-11H,3,12-14,20H2,1-2H3. The lowest BCUT2D eigenvalue weighted by Gasteiger charge is -2.42. The smallest absolute Gasteiger partial charge is 0.0604 e. The molecule has 0 aromatic heterocycles. The molecule has 0 atom stereocenters. The van der Waals surface area contributed by atoms with Gasteiger partial charge in [-0.2, -0.15) is 0 Å². The minimum absolute atomic E-state index is 0.0201. The van der Waals surface area contributed by atoms with Gasteiger partial charge in [-0.05, 0) is 55.5 Å². The third-order valence-corrected chi connectivity index (χ3v) is 4.74. The highest BCUT2D eigenvalue weighted by Crippen LogP contribution is 2.36. The van der Waals surface area contributed by atoms with E-state index in [4.69, 9.17) is 5.73 Å². The summed E-state index contributed by atoms with van der Waals surface area (Å²) in [5.74, 6) is 0. The van der Waals surface area contributed by atoms with Crippen molar-refractivity contribution >= 4 is 5.69 Å². The van der Waals surface area contributed by atoms with Gasteiger partial charge in [-0.3, -0.25) is 0 Å². The molecule has 1 aliphatic rings. The fourth-order valence-electron chi connectivity index (χ4n) is 3.71. The number of anilines is 1. The van der Waals surface area contributed by atoms with Crippen molar-refractivity contribution in [3.63, 3.8) is 0 Å². The highest BCUT2D eigenvalue weighted by atomic mass is 15.2. The van der Waals surface area contributed by atoms with Crippen molar-refractivity contribution in [2.45, 2.75) is 32.2 Å². The van der Waals surface area contributed by atoms with Gasteiger partial charge < -0.3 is 10.6 Å². The number of rotatable bonds is 4. The molecule has 2 aromatic rings. The van der Waals surface area contributed by atoms with Crippen LogP contribution in [0.15, 0.2) is 48.5 Å². The number of nitrogens with two attached hydrogens (primary N) is 1. The zero-order valence-electron chi connectivity index (χ0n) is 13.0. The van der Waals surface area contributed by atoms with Crippen LogP contribution < -0.4 is 10.6 Å². The van der Waals surface area contributed by atoms with E-state index in [2.05, 4.69) is 67.3 Å². The Balaban J connectivity index is 1.99. The average Bonchev–Trinajstić information content (AvgIpc) is 2.87. The van der Waals surface area contributed by atoms with Crippen LogP contribution in [0.1, 0.15) is 23.6 Å². The molecule has 0 unspecified atom stereocenters. The first-order chi connectivity index (χ1) is 10.2. The summed E-state index contributed by atoms with van der Waals surface area (Å²) >= 11 is 0. The quantitative estimate of drug-likeness (QED) is 0.931. The van der Waals surface area contributed by atoms with Gasteiger partial charge in [0.1, 0.15) is 0 Å². The van der Waals surface area contributed by atoms with Crippen molar-refractivity contribution < 1.29 is 0 Å². The van der Waals surface area contributed by atoms with Crippen molar-refractivity contribution in [1.29, 1.82) is 0 Å². The molecule has 1 aliphatic carbocycles. The molecule has 2 nitrogen and oxygen atoms in total. The Morgan fingerprint density at radius 3 is 2.24 bits per heavy atom. The van der Waals surface area contributed by atoms with E-state index in [1.807, 2.05) is 0 Å². The summed E-state index contributed by atoms with van der Waals surface area (Å²) in [6.07, 6.45) is 2.09. The van der Waals surface area contributed by atoms with Gasteiger partial charge in [-0.15, -0.1) is 0 Å². The van der Waals surface area contributed by atoms with Crippen LogP contribution in [0.25, 0.3) is 0 Å². The lowest BCUT2D eigenvalue weighted by atomic mass is 9.92. The normalized spacial score (nSPS) is 15.8. The summed E-state index contributed by atoms with van der Waals surface area (Å²) in [6.45, 7) is 6.04. The van der Waals surface area contributed by atoms with Crippen LogP contribution in [-0.4, -0.2) is 18.6 Å². The Kier molecular flexibility index (Phi) is 3.73. The van der Waals surface area contributed by atoms with Crippen LogP contribution in [-0.2, 0) is 12.8 Å². The van der Waals surface area contributed by atoms with E-state index in [9.17, 15) is 0 Å². The molecular formula is C19H24N2. The molecule has 2 heteroatoms. The molecule has 110 valence electrons. The van der Waals surface area contributed by atoms with E-state index in [0.717, 1.165) is 19.4 Å². The molecule has 3 rings (SSSR count). The molecule has 2 N–H and O–H groups in total. The number of nitrogens with zero attached hydrogens (tertiary/aromatic N) is 1. The Bertz CT molecular complexity index is 608. The van der Waals surface area contributed by atoms with E-state index in [0.29, 0.717) is 6.54 Å². The van der Waals surface area contributed by atoms with Crippen molar-refractivity contribution in [2.75, 3.05) is 18.0 Å². The second-order valence-corrected chi connectivity index (χ2v) is 6.13. The number of hydrogen-bond donors (Lipinski definition) is 1.